The van der Waals surface area contributed by atoms with Crippen LogP contribution in [0.25, 0.3) is 10.9 Å². The number of aromatic nitrogens is 1. The van der Waals surface area contributed by atoms with Gasteiger partial charge in [-0.05, 0) is 104 Å². The van der Waals surface area contributed by atoms with Crippen LogP contribution < -0.4 is 0 Å². The molecule has 2 unspecified atom stereocenters. The van der Waals surface area contributed by atoms with Gasteiger partial charge in [0.2, 0.25) is 0 Å². The monoisotopic (exact) mass is 416 g/mol. The molecule has 1 aromatic heterocycles. The molecule has 4 heteroatoms. The first-order chi connectivity index (χ1) is 15.0. The second-order valence-corrected chi connectivity index (χ2v) is 9.74. The third-order valence-electron chi connectivity index (χ3n) is 7.48. The summed E-state index contributed by atoms with van der Waals surface area (Å²) in [4.78, 5) is 17.4. The summed E-state index contributed by atoms with van der Waals surface area (Å²) in [5, 5.41) is 10.7. The summed E-state index contributed by atoms with van der Waals surface area (Å²) in [5.41, 5.74) is 7.06. The van der Waals surface area contributed by atoms with E-state index in [4.69, 9.17) is 0 Å². The molecule has 4 nitrogen and oxygen atoms in total. The molecule has 0 bridgehead atoms. The average Bonchev–Trinajstić information content (AvgIpc) is 3.43. The number of rotatable bonds is 6. The number of nitrogens with zero attached hydrogens (tertiary/aromatic N) is 1. The van der Waals surface area contributed by atoms with E-state index in [1.165, 1.54) is 65.5 Å². The van der Waals surface area contributed by atoms with E-state index in [0.29, 0.717) is 17.4 Å². The lowest BCUT2D eigenvalue weighted by molar-refractivity contribution is 0.0697. The van der Waals surface area contributed by atoms with Crippen molar-refractivity contribution in [2.45, 2.75) is 45.4 Å². The first-order valence-corrected chi connectivity index (χ1v) is 11.6. The average molecular weight is 417 g/mol. The molecule has 0 spiro atoms. The van der Waals surface area contributed by atoms with Crippen LogP contribution in [0, 0.1) is 25.7 Å². The van der Waals surface area contributed by atoms with E-state index in [9.17, 15) is 9.90 Å². The van der Waals surface area contributed by atoms with Crippen LogP contribution >= 0.6 is 0 Å². The lowest BCUT2D eigenvalue weighted by Gasteiger charge is -2.39. The van der Waals surface area contributed by atoms with Crippen LogP contribution in [0.5, 0.6) is 0 Å². The van der Waals surface area contributed by atoms with Gasteiger partial charge in [0.05, 0.1) is 5.56 Å². The predicted molar refractivity (Wildman–Crippen MR) is 125 cm³/mol. The molecule has 2 aliphatic rings. The lowest BCUT2D eigenvalue weighted by atomic mass is 9.76. The zero-order chi connectivity index (χ0) is 21.5. The maximum Gasteiger partial charge on any atom is 0.335 e. The first kappa shape index (κ1) is 20.3. The Balaban J connectivity index is 1.45. The van der Waals surface area contributed by atoms with Crippen molar-refractivity contribution in [2.24, 2.45) is 11.8 Å². The Kier molecular flexibility index (Phi) is 5.35. The number of benzene rings is 2. The van der Waals surface area contributed by atoms with Gasteiger partial charge in [-0.1, -0.05) is 18.2 Å². The number of nitrogens with one attached hydrogen (secondary N) is 1. The number of aryl methyl sites for hydroxylation is 2. The summed E-state index contributed by atoms with van der Waals surface area (Å²) < 4.78 is 0. The number of carbonyl (C=O) groups is 1. The van der Waals surface area contributed by atoms with Crippen LogP contribution in [-0.2, 0) is 6.42 Å². The van der Waals surface area contributed by atoms with E-state index < -0.39 is 5.97 Å². The van der Waals surface area contributed by atoms with Crippen molar-refractivity contribution in [3.63, 3.8) is 0 Å². The van der Waals surface area contributed by atoms with E-state index in [1.54, 1.807) is 12.1 Å². The van der Waals surface area contributed by atoms with Gasteiger partial charge in [-0.25, -0.2) is 4.79 Å². The molecular weight excluding hydrogens is 384 g/mol. The molecule has 1 saturated heterocycles. The Morgan fingerprint density at radius 2 is 1.87 bits per heavy atom. The minimum absolute atomic E-state index is 0.370. The zero-order valence-corrected chi connectivity index (χ0v) is 18.5. The number of carboxylic acid groups (broad SMARTS) is 1. The van der Waals surface area contributed by atoms with Crippen molar-refractivity contribution in [3.8, 4) is 0 Å². The van der Waals surface area contributed by atoms with Gasteiger partial charge in [0.15, 0.2) is 0 Å². The quantitative estimate of drug-likeness (QED) is 0.555. The summed E-state index contributed by atoms with van der Waals surface area (Å²) in [7, 11) is 0. The van der Waals surface area contributed by atoms with Crippen LogP contribution in [0.3, 0.4) is 0 Å². The molecule has 0 amide bonds. The van der Waals surface area contributed by atoms with Gasteiger partial charge in [-0.3, -0.25) is 0 Å². The summed E-state index contributed by atoms with van der Waals surface area (Å²) in [6.45, 7) is 7.90. The van der Waals surface area contributed by atoms with Crippen molar-refractivity contribution < 1.29 is 9.90 Å². The molecule has 162 valence electrons. The van der Waals surface area contributed by atoms with Crippen molar-refractivity contribution in [1.82, 2.24) is 9.88 Å². The lowest BCUT2D eigenvalue weighted by Crippen LogP contribution is -2.41. The predicted octanol–water partition coefficient (Wildman–Crippen LogP) is 5.54. The molecular formula is C27H32N2O2. The minimum atomic E-state index is -0.854. The van der Waals surface area contributed by atoms with Crippen molar-refractivity contribution in [2.75, 3.05) is 19.6 Å². The number of hydrogen-bond acceptors (Lipinski definition) is 2. The maximum atomic E-state index is 11.3. The molecule has 0 radical (unpaired) electrons. The third kappa shape index (κ3) is 4.14. The zero-order valence-electron chi connectivity index (χ0n) is 18.5. The highest BCUT2D eigenvalue weighted by atomic mass is 16.4. The van der Waals surface area contributed by atoms with Crippen molar-refractivity contribution in [1.29, 1.82) is 0 Å². The normalized spacial score (nSPS) is 22.1. The third-order valence-corrected chi connectivity index (χ3v) is 7.48. The van der Waals surface area contributed by atoms with Gasteiger partial charge < -0.3 is 15.0 Å². The van der Waals surface area contributed by atoms with Crippen molar-refractivity contribution in [3.05, 3.63) is 70.4 Å². The van der Waals surface area contributed by atoms with Gasteiger partial charge in [0.25, 0.3) is 0 Å². The maximum absolute atomic E-state index is 11.3. The first-order valence-electron chi connectivity index (χ1n) is 11.6. The Morgan fingerprint density at radius 1 is 1.10 bits per heavy atom. The molecule has 1 aliphatic carbocycles. The number of carboxylic acids is 1. The van der Waals surface area contributed by atoms with Gasteiger partial charge >= 0.3 is 5.97 Å². The summed E-state index contributed by atoms with van der Waals surface area (Å²) in [5.74, 6) is 1.04. The Hall–Kier alpha value is -2.59. The molecule has 2 heterocycles. The fourth-order valence-corrected chi connectivity index (χ4v) is 5.57. The van der Waals surface area contributed by atoms with Gasteiger partial charge in [-0.2, -0.15) is 0 Å². The Bertz CT molecular complexity index is 1090. The summed E-state index contributed by atoms with van der Waals surface area (Å²) >= 11 is 0. The SMILES string of the molecule is Cc1cc(C)c2[nH]ccc2c1CC1CCN(CC2CC2)CC1c1ccc(C(=O)O)cc1. The van der Waals surface area contributed by atoms with E-state index in [-0.39, 0.29) is 0 Å². The number of H-pyrrole nitrogens is 1. The Labute approximate surface area is 184 Å². The largest absolute Gasteiger partial charge is 0.478 e. The molecule has 2 aromatic carbocycles. The molecule has 31 heavy (non-hydrogen) atoms. The van der Waals surface area contributed by atoms with Crippen molar-refractivity contribution >= 4 is 16.9 Å². The van der Waals surface area contributed by atoms with Gasteiger partial charge in [0, 0.05) is 30.2 Å². The topological polar surface area (TPSA) is 56.3 Å². The van der Waals surface area contributed by atoms with Crippen LogP contribution in [0.2, 0.25) is 0 Å². The van der Waals surface area contributed by atoms with Gasteiger partial charge in [0.1, 0.15) is 0 Å². The molecule has 1 aliphatic heterocycles. The molecule has 5 rings (SSSR count). The highest BCUT2D eigenvalue weighted by Crippen LogP contribution is 2.39. The van der Waals surface area contributed by atoms with E-state index >= 15 is 0 Å². The Morgan fingerprint density at radius 3 is 2.58 bits per heavy atom. The summed E-state index contributed by atoms with van der Waals surface area (Å²) in [6, 6.07) is 12.2. The fourth-order valence-electron chi connectivity index (χ4n) is 5.57. The number of hydrogen-bond donors (Lipinski definition) is 2. The summed E-state index contributed by atoms with van der Waals surface area (Å²) in [6.07, 6.45) is 7.08. The number of aromatic amines is 1. The number of aromatic carboxylic acids is 1. The van der Waals surface area contributed by atoms with E-state index in [2.05, 4.69) is 54.2 Å². The molecule has 2 atom stereocenters. The smallest absolute Gasteiger partial charge is 0.335 e. The molecule has 1 saturated carbocycles. The fraction of sp³-hybridized carbons (Fsp3) is 0.444. The highest BCUT2D eigenvalue weighted by molar-refractivity contribution is 5.88. The standard InChI is InChI=1S/C27H32N2O2/c1-17-13-18(2)26-23(9-11-28-26)24(17)14-22-10-12-29(15-19-3-4-19)16-25(22)20-5-7-21(8-6-20)27(30)31/h5-9,11,13,19,22,25,28H,3-4,10,12,14-16H2,1-2H3,(H,30,31). The second kappa shape index (κ2) is 8.16. The molecule has 2 fully saturated rings. The van der Waals surface area contributed by atoms with Crippen LogP contribution in [0.15, 0.2) is 42.6 Å². The second-order valence-electron chi connectivity index (χ2n) is 9.74. The van der Waals surface area contributed by atoms with Crippen LogP contribution in [0.1, 0.15) is 57.8 Å². The molecule has 2 N–H and O–H groups in total. The number of likely N-dealkylation sites (tertiary alicyclic amines) is 1. The highest BCUT2D eigenvalue weighted by Gasteiger charge is 2.34. The molecule has 3 aromatic rings. The van der Waals surface area contributed by atoms with E-state index in [1.807, 2.05) is 0 Å². The minimum Gasteiger partial charge on any atom is -0.478 e. The van der Waals surface area contributed by atoms with Gasteiger partial charge in [-0.15, -0.1) is 0 Å². The van der Waals surface area contributed by atoms with Crippen LogP contribution in [0.4, 0.5) is 0 Å². The van der Waals surface area contributed by atoms with Crippen LogP contribution in [-0.4, -0.2) is 40.6 Å². The number of fused-ring (bicyclic) bond motifs is 1. The number of piperidine rings is 1. The van der Waals surface area contributed by atoms with E-state index in [0.717, 1.165) is 18.9 Å².